The zero-order valence-electron chi connectivity index (χ0n) is 13.9. The zero-order valence-corrected chi connectivity index (χ0v) is 15.5. The Bertz CT molecular complexity index is 749. The van der Waals surface area contributed by atoms with E-state index in [1.165, 1.54) is 0 Å². The van der Waals surface area contributed by atoms with Gasteiger partial charge in [0.25, 0.3) is 0 Å². The second-order valence-electron chi connectivity index (χ2n) is 6.14. The van der Waals surface area contributed by atoms with Gasteiger partial charge in [0.05, 0.1) is 12.1 Å². The number of nitrogens with one attached hydrogen (secondary N) is 2. The summed E-state index contributed by atoms with van der Waals surface area (Å²) in [5.74, 6) is 0.0605. The summed E-state index contributed by atoms with van der Waals surface area (Å²) in [7, 11) is 0. The Labute approximate surface area is 155 Å². The van der Waals surface area contributed by atoms with E-state index in [-0.39, 0.29) is 24.0 Å². The second kappa shape index (κ2) is 7.70. The molecule has 0 spiro atoms. The molecule has 3 amide bonds. The molecule has 1 aliphatic heterocycles. The van der Waals surface area contributed by atoms with Gasteiger partial charge in [-0.15, -0.1) is 0 Å². The highest BCUT2D eigenvalue weighted by Crippen LogP contribution is 2.25. The average Bonchev–Trinajstić information content (AvgIpc) is 2.97. The third-order valence-corrected chi connectivity index (χ3v) is 4.87. The quantitative estimate of drug-likeness (QED) is 0.814. The number of hydrogen-bond donors (Lipinski definition) is 2. The van der Waals surface area contributed by atoms with Crippen LogP contribution in [0.1, 0.15) is 24.9 Å². The Kier molecular flexibility index (Phi) is 5.38. The topological polar surface area (TPSA) is 61.4 Å². The van der Waals surface area contributed by atoms with Gasteiger partial charge in [-0.25, -0.2) is 4.79 Å². The summed E-state index contributed by atoms with van der Waals surface area (Å²) in [4.78, 5) is 26.3. The first kappa shape index (κ1) is 17.5. The molecule has 2 N–H and O–H groups in total. The molecule has 6 heteroatoms. The van der Waals surface area contributed by atoms with E-state index >= 15 is 0 Å². The number of likely N-dealkylation sites (tertiary alicyclic amines) is 1. The molecule has 2 unspecified atom stereocenters. The number of benzene rings is 2. The fourth-order valence-electron chi connectivity index (χ4n) is 3.00. The summed E-state index contributed by atoms with van der Waals surface area (Å²) < 4.78 is 0.949. The molecule has 0 aliphatic carbocycles. The molecule has 2 aromatic rings. The molecular weight excluding hydrogens is 382 g/mol. The van der Waals surface area contributed by atoms with Crippen molar-refractivity contribution in [2.75, 3.05) is 11.9 Å². The Morgan fingerprint density at radius 3 is 2.52 bits per heavy atom. The van der Waals surface area contributed by atoms with Crippen molar-refractivity contribution in [3.63, 3.8) is 0 Å². The van der Waals surface area contributed by atoms with Crippen LogP contribution in [0.3, 0.4) is 0 Å². The molecule has 25 heavy (non-hydrogen) atoms. The van der Waals surface area contributed by atoms with Crippen LogP contribution in [0.5, 0.6) is 0 Å². The number of nitrogens with zero attached hydrogens (tertiary/aromatic N) is 1. The van der Waals surface area contributed by atoms with Crippen molar-refractivity contribution in [2.45, 2.75) is 25.4 Å². The Balaban J connectivity index is 1.57. The lowest BCUT2D eigenvalue weighted by Crippen LogP contribution is -2.40. The van der Waals surface area contributed by atoms with Crippen molar-refractivity contribution in [3.05, 3.63) is 64.6 Å². The summed E-state index contributed by atoms with van der Waals surface area (Å²) >= 11 is 3.36. The van der Waals surface area contributed by atoms with E-state index in [0.717, 1.165) is 10.0 Å². The predicted octanol–water partition coefficient (Wildman–Crippen LogP) is 3.93. The monoisotopic (exact) mass is 401 g/mol. The van der Waals surface area contributed by atoms with E-state index < -0.39 is 0 Å². The Morgan fingerprint density at radius 2 is 1.84 bits per heavy atom. The van der Waals surface area contributed by atoms with Crippen LogP contribution in [0.25, 0.3) is 0 Å². The van der Waals surface area contributed by atoms with E-state index in [0.29, 0.717) is 18.7 Å². The molecule has 1 heterocycles. The van der Waals surface area contributed by atoms with Gasteiger partial charge in [-0.2, -0.15) is 0 Å². The number of anilines is 1. The Hall–Kier alpha value is -2.34. The van der Waals surface area contributed by atoms with E-state index in [4.69, 9.17) is 0 Å². The molecule has 3 rings (SSSR count). The first-order valence-corrected chi connectivity index (χ1v) is 9.00. The molecule has 1 fully saturated rings. The van der Waals surface area contributed by atoms with Crippen LogP contribution < -0.4 is 10.6 Å². The lowest BCUT2D eigenvalue weighted by Gasteiger charge is -2.25. The van der Waals surface area contributed by atoms with Gasteiger partial charge in [-0.1, -0.05) is 46.3 Å². The van der Waals surface area contributed by atoms with E-state index in [2.05, 4.69) is 26.6 Å². The van der Waals surface area contributed by atoms with Crippen molar-refractivity contribution in [3.8, 4) is 0 Å². The van der Waals surface area contributed by atoms with Crippen LogP contribution in [0.4, 0.5) is 10.5 Å². The van der Waals surface area contributed by atoms with E-state index in [1.54, 1.807) is 0 Å². The summed E-state index contributed by atoms with van der Waals surface area (Å²) in [6, 6.07) is 16.8. The minimum absolute atomic E-state index is 0.00460. The molecule has 0 radical (unpaired) electrons. The summed E-state index contributed by atoms with van der Waals surface area (Å²) in [6.45, 7) is 2.53. The summed E-state index contributed by atoms with van der Waals surface area (Å²) in [5, 5.41) is 5.67. The van der Waals surface area contributed by atoms with Crippen LogP contribution in [-0.2, 0) is 4.79 Å². The maximum atomic E-state index is 12.3. The number of amides is 3. The third kappa shape index (κ3) is 4.39. The molecule has 2 aromatic carbocycles. The van der Waals surface area contributed by atoms with Crippen LogP contribution in [0, 0.1) is 0 Å². The van der Waals surface area contributed by atoms with E-state index in [9.17, 15) is 9.59 Å². The van der Waals surface area contributed by atoms with Crippen molar-refractivity contribution < 1.29 is 9.59 Å². The van der Waals surface area contributed by atoms with Gasteiger partial charge in [0.1, 0.15) is 0 Å². The molecule has 130 valence electrons. The van der Waals surface area contributed by atoms with Gasteiger partial charge in [0, 0.05) is 23.1 Å². The largest absolute Gasteiger partial charge is 0.334 e. The first-order valence-electron chi connectivity index (χ1n) is 8.20. The van der Waals surface area contributed by atoms with Crippen molar-refractivity contribution in [1.29, 1.82) is 0 Å². The second-order valence-corrected chi connectivity index (χ2v) is 7.05. The highest BCUT2D eigenvalue weighted by Gasteiger charge is 2.33. The Morgan fingerprint density at radius 1 is 1.16 bits per heavy atom. The smallest absolute Gasteiger partial charge is 0.319 e. The van der Waals surface area contributed by atoms with Crippen molar-refractivity contribution in [2.24, 2.45) is 0 Å². The minimum atomic E-state index is -0.297. The zero-order chi connectivity index (χ0) is 17.8. The van der Waals surface area contributed by atoms with Crippen LogP contribution in [-0.4, -0.2) is 29.4 Å². The molecule has 0 bridgehead atoms. The average molecular weight is 402 g/mol. The van der Waals surface area contributed by atoms with Gasteiger partial charge < -0.3 is 15.5 Å². The number of halogens is 1. The van der Waals surface area contributed by atoms with Gasteiger partial charge in [-0.3, -0.25) is 4.79 Å². The van der Waals surface area contributed by atoms with Gasteiger partial charge >= 0.3 is 6.03 Å². The van der Waals surface area contributed by atoms with Crippen LogP contribution in [0.15, 0.2) is 59.1 Å². The van der Waals surface area contributed by atoms with Crippen molar-refractivity contribution >= 4 is 33.6 Å². The molecule has 5 nitrogen and oxygen atoms in total. The van der Waals surface area contributed by atoms with Gasteiger partial charge in [0.2, 0.25) is 5.91 Å². The highest BCUT2D eigenvalue weighted by molar-refractivity contribution is 9.10. The van der Waals surface area contributed by atoms with Crippen LogP contribution >= 0.6 is 15.9 Å². The van der Waals surface area contributed by atoms with Gasteiger partial charge in [0.15, 0.2) is 0 Å². The molecule has 1 saturated heterocycles. The molecule has 0 saturated carbocycles. The number of urea groups is 1. The summed E-state index contributed by atoms with van der Waals surface area (Å²) in [6.07, 6.45) is 0.324. The predicted molar refractivity (Wildman–Crippen MR) is 101 cm³/mol. The van der Waals surface area contributed by atoms with Gasteiger partial charge in [-0.05, 0) is 36.8 Å². The lowest BCUT2D eigenvalue weighted by molar-refractivity contribution is -0.129. The maximum Gasteiger partial charge on any atom is 0.319 e. The fraction of sp³-hybridized carbons (Fsp3) is 0.263. The van der Waals surface area contributed by atoms with Crippen molar-refractivity contribution in [1.82, 2.24) is 10.2 Å². The molecule has 1 aliphatic rings. The van der Waals surface area contributed by atoms with E-state index in [1.807, 2.05) is 66.4 Å². The standard InChI is InChI=1S/C19H20BrN3O2/c1-13(14-5-3-2-4-6-14)23-12-17(11-18(23)24)22-19(25)21-16-9-7-15(20)8-10-16/h2-10,13,17H,11-12H2,1H3,(H2,21,22,25). The number of rotatable bonds is 4. The molecule has 2 atom stereocenters. The van der Waals surface area contributed by atoms with Crippen LogP contribution in [0.2, 0.25) is 0 Å². The maximum absolute atomic E-state index is 12.3. The lowest BCUT2D eigenvalue weighted by atomic mass is 10.1. The third-order valence-electron chi connectivity index (χ3n) is 4.35. The molecule has 0 aromatic heterocycles. The normalized spacial score (nSPS) is 18.1. The number of carbonyl (C=O) groups is 2. The minimum Gasteiger partial charge on any atom is -0.334 e. The number of carbonyl (C=O) groups excluding carboxylic acids is 2. The number of hydrogen-bond acceptors (Lipinski definition) is 2. The fourth-order valence-corrected chi connectivity index (χ4v) is 3.26. The summed E-state index contributed by atoms with van der Waals surface area (Å²) in [5.41, 5.74) is 1.80. The first-order chi connectivity index (χ1) is 12.0. The highest BCUT2D eigenvalue weighted by atomic mass is 79.9. The SMILES string of the molecule is CC(c1ccccc1)N1CC(NC(=O)Nc2ccc(Br)cc2)CC1=O. The molecular formula is C19H20BrN3O2.